The molecule has 0 bridgehead atoms. The van der Waals surface area contributed by atoms with E-state index in [-0.39, 0.29) is 11.7 Å². The molecule has 0 unspecified atom stereocenters. The first-order valence-electron chi connectivity index (χ1n) is 4.22. The highest BCUT2D eigenvalue weighted by atomic mass is 35.5. The molecule has 84 valence electrons. The first kappa shape index (κ1) is 12.1. The molecule has 0 saturated carbocycles. The topological polar surface area (TPSA) is 16.1 Å². The minimum Gasteiger partial charge on any atom is -0.351 e. The summed E-state index contributed by atoms with van der Waals surface area (Å²) < 4.78 is 36.2. The lowest BCUT2D eigenvalue weighted by Gasteiger charge is -2.20. The Bertz CT molecular complexity index is 327. The molecule has 6 heteroatoms. The predicted octanol–water partition coefficient (Wildman–Crippen LogP) is 2.82. The average Bonchev–Trinajstić information content (AvgIpc) is 2.15. The van der Waals surface area contributed by atoms with E-state index in [1.807, 2.05) is 0 Å². The molecule has 1 rings (SSSR count). The van der Waals surface area contributed by atoms with Crippen LogP contribution in [-0.2, 0) is 5.88 Å². The van der Waals surface area contributed by atoms with Crippen LogP contribution < -0.4 is 4.90 Å². The van der Waals surface area contributed by atoms with Crippen LogP contribution in [0.4, 0.5) is 19.0 Å². The predicted molar refractivity (Wildman–Crippen MR) is 53.1 cm³/mol. The third kappa shape index (κ3) is 3.95. The van der Waals surface area contributed by atoms with E-state index in [1.54, 1.807) is 12.1 Å². The molecule has 0 saturated heterocycles. The monoisotopic (exact) mass is 238 g/mol. The molecule has 0 amide bonds. The smallest absolute Gasteiger partial charge is 0.351 e. The molecular formula is C9H10ClF3N2. The van der Waals surface area contributed by atoms with Gasteiger partial charge in [0.2, 0.25) is 0 Å². The van der Waals surface area contributed by atoms with E-state index < -0.39 is 12.7 Å². The Hall–Kier alpha value is -0.970. The maximum absolute atomic E-state index is 12.1. The fourth-order valence-electron chi connectivity index (χ4n) is 1.10. The molecular weight excluding hydrogens is 229 g/mol. The Labute approximate surface area is 90.7 Å². The van der Waals surface area contributed by atoms with Gasteiger partial charge in [-0.3, -0.25) is 0 Å². The minimum atomic E-state index is -4.23. The number of nitrogens with zero attached hydrogens (tertiary/aromatic N) is 2. The molecule has 1 heterocycles. The summed E-state index contributed by atoms with van der Waals surface area (Å²) in [5, 5.41) is 0. The maximum Gasteiger partial charge on any atom is 0.405 e. The van der Waals surface area contributed by atoms with Gasteiger partial charge in [0.15, 0.2) is 0 Å². The van der Waals surface area contributed by atoms with Crippen LogP contribution in [0.5, 0.6) is 0 Å². The number of aromatic nitrogens is 1. The van der Waals surface area contributed by atoms with Gasteiger partial charge in [0, 0.05) is 7.05 Å². The number of hydrogen-bond acceptors (Lipinski definition) is 2. The molecule has 0 atom stereocenters. The van der Waals surface area contributed by atoms with Crippen LogP contribution in [0.3, 0.4) is 0 Å². The quantitative estimate of drug-likeness (QED) is 0.753. The average molecular weight is 239 g/mol. The van der Waals surface area contributed by atoms with Gasteiger partial charge in [-0.25, -0.2) is 4.98 Å². The normalized spacial score (nSPS) is 11.5. The molecule has 0 aliphatic rings. The highest BCUT2D eigenvalue weighted by Crippen LogP contribution is 2.19. The second-order valence-corrected chi connectivity index (χ2v) is 3.36. The van der Waals surface area contributed by atoms with Crippen molar-refractivity contribution < 1.29 is 13.2 Å². The summed E-state index contributed by atoms with van der Waals surface area (Å²) in [5.74, 6) is 0.457. The molecule has 0 spiro atoms. The van der Waals surface area contributed by atoms with Crippen LogP contribution >= 0.6 is 11.6 Å². The van der Waals surface area contributed by atoms with E-state index in [1.165, 1.54) is 13.1 Å². The summed E-state index contributed by atoms with van der Waals surface area (Å²) in [6.07, 6.45) is -4.23. The zero-order valence-electron chi connectivity index (χ0n) is 8.05. The second-order valence-electron chi connectivity index (χ2n) is 3.09. The van der Waals surface area contributed by atoms with Gasteiger partial charge in [0.1, 0.15) is 12.4 Å². The van der Waals surface area contributed by atoms with E-state index in [2.05, 4.69) is 4.98 Å². The Morgan fingerprint density at radius 1 is 1.40 bits per heavy atom. The highest BCUT2D eigenvalue weighted by Gasteiger charge is 2.29. The minimum absolute atomic E-state index is 0.188. The molecule has 2 nitrogen and oxygen atoms in total. The molecule has 0 aromatic carbocycles. The molecule has 0 aliphatic carbocycles. The molecule has 0 aliphatic heterocycles. The molecule has 1 aromatic heterocycles. The fraction of sp³-hybridized carbons (Fsp3) is 0.444. The number of alkyl halides is 4. The Balaban J connectivity index is 2.77. The van der Waals surface area contributed by atoms with Gasteiger partial charge in [-0.15, -0.1) is 11.6 Å². The van der Waals surface area contributed by atoms with E-state index in [4.69, 9.17) is 11.6 Å². The lowest BCUT2D eigenvalue weighted by molar-refractivity contribution is -0.119. The van der Waals surface area contributed by atoms with Crippen molar-refractivity contribution in [2.75, 3.05) is 18.5 Å². The van der Waals surface area contributed by atoms with Gasteiger partial charge in [-0.05, 0) is 12.1 Å². The third-order valence-corrected chi connectivity index (χ3v) is 2.01. The van der Waals surface area contributed by atoms with Crippen LogP contribution in [0.2, 0.25) is 0 Å². The number of hydrogen-bond donors (Lipinski definition) is 0. The summed E-state index contributed by atoms with van der Waals surface area (Å²) in [7, 11) is 1.34. The number of pyridine rings is 1. The standard InChI is InChI=1S/C9H10ClF3N2/c1-15(6-9(11,12)13)8-4-2-3-7(5-10)14-8/h2-4H,5-6H2,1H3. The SMILES string of the molecule is CN(CC(F)(F)F)c1cccc(CCl)n1. The van der Waals surface area contributed by atoms with Crippen molar-refractivity contribution in [2.45, 2.75) is 12.1 Å². The van der Waals surface area contributed by atoms with Crippen LogP contribution in [0.25, 0.3) is 0 Å². The second kappa shape index (κ2) is 4.70. The summed E-state index contributed by atoms with van der Waals surface area (Å²) in [4.78, 5) is 5.01. The van der Waals surface area contributed by atoms with Crippen molar-refractivity contribution in [2.24, 2.45) is 0 Å². The maximum atomic E-state index is 12.1. The lowest BCUT2D eigenvalue weighted by Crippen LogP contribution is -2.31. The summed E-state index contributed by atoms with van der Waals surface area (Å²) >= 11 is 5.53. The first-order valence-corrected chi connectivity index (χ1v) is 4.75. The number of halogens is 4. The Morgan fingerprint density at radius 2 is 2.07 bits per heavy atom. The first-order chi connectivity index (χ1) is 6.92. The molecule has 0 fully saturated rings. The van der Waals surface area contributed by atoms with Gasteiger partial charge in [-0.1, -0.05) is 6.07 Å². The summed E-state index contributed by atoms with van der Waals surface area (Å²) in [5.41, 5.74) is 0.559. The zero-order valence-corrected chi connectivity index (χ0v) is 8.81. The van der Waals surface area contributed by atoms with E-state index in [9.17, 15) is 13.2 Å². The lowest BCUT2D eigenvalue weighted by atomic mass is 10.3. The fourth-order valence-corrected chi connectivity index (χ4v) is 1.25. The van der Waals surface area contributed by atoms with Crippen LogP contribution in [-0.4, -0.2) is 24.8 Å². The van der Waals surface area contributed by atoms with Gasteiger partial charge in [0.05, 0.1) is 11.6 Å². The zero-order chi connectivity index (χ0) is 11.5. The van der Waals surface area contributed by atoms with E-state index >= 15 is 0 Å². The molecule has 1 aromatic rings. The number of anilines is 1. The van der Waals surface area contributed by atoms with Gasteiger partial charge < -0.3 is 4.90 Å². The molecule has 0 radical (unpaired) electrons. The van der Waals surface area contributed by atoms with Crippen molar-refractivity contribution in [3.8, 4) is 0 Å². The Morgan fingerprint density at radius 3 is 2.60 bits per heavy atom. The summed E-state index contributed by atoms with van der Waals surface area (Å²) in [6, 6.07) is 4.81. The van der Waals surface area contributed by atoms with Crippen molar-refractivity contribution >= 4 is 17.4 Å². The molecule has 0 N–H and O–H groups in total. The number of rotatable bonds is 3. The van der Waals surface area contributed by atoms with Crippen LogP contribution in [0.1, 0.15) is 5.69 Å². The van der Waals surface area contributed by atoms with Crippen molar-refractivity contribution in [3.05, 3.63) is 23.9 Å². The third-order valence-electron chi connectivity index (χ3n) is 1.74. The van der Waals surface area contributed by atoms with E-state index in [0.29, 0.717) is 5.69 Å². The van der Waals surface area contributed by atoms with Crippen molar-refractivity contribution in [1.82, 2.24) is 4.98 Å². The van der Waals surface area contributed by atoms with Crippen LogP contribution in [0.15, 0.2) is 18.2 Å². The van der Waals surface area contributed by atoms with Crippen molar-refractivity contribution in [1.29, 1.82) is 0 Å². The van der Waals surface area contributed by atoms with Crippen LogP contribution in [0, 0.1) is 0 Å². The van der Waals surface area contributed by atoms with E-state index in [0.717, 1.165) is 4.90 Å². The van der Waals surface area contributed by atoms with Crippen molar-refractivity contribution in [3.63, 3.8) is 0 Å². The van der Waals surface area contributed by atoms with Gasteiger partial charge >= 0.3 is 6.18 Å². The molecule has 15 heavy (non-hydrogen) atoms. The Kier molecular flexibility index (Phi) is 3.79. The summed E-state index contributed by atoms with van der Waals surface area (Å²) in [6.45, 7) is -1.02. The largest absolute Gasteiger partial charge is 0.405 e. The van der Waals surface area contributed by atoms with Gasteiger partial charge in [-0.2, -0.15) is 13.2 Å². The van der Waals surface area contributed by atoms with Gasteiger partial charge in [0.25, 0.3) is 0 Å². The highest BCUT2D eigenvalue weighted by molar-refractivity contribution is 6.16.